The first-order valence-electron chi connectivity index (χ1n) is 10.6. The second kappa shape index (κ2) is 7.33. The van der Waals surface area contributed by atoms with Crippen LogP contribution < -0.4 is 4.90 Å². The molecule has 1 atom stereocenters. The third-order valence-corrected chi connectivity index (χ3v) is 8.30. The Bertz CT molecular complexity index is 873. The standard InChI is InChI=1S/C25H36N2S/c1-10-25(9)14-13-24(7,8)22-21(25)18(6)23(28-22)27(17(4)5)20-12-11-19(15-26-20)16(2)3/h11-12,15,17H,2,10,13-14H2,1,3-9H3. The molecule has 0 bridgehead atoms. The fourth-order valence-corrected chi connectivity index (χ4v) is 6.23. The maximum atomic E-state index is 4.81. The topological polar surface area (TPSA) is 16.1 Å². The highest BCUT2D eigenvalue weighted by Crippen LogP contribution is 2.55. The SMILES string of the molecule is C=C(C)c1ccc(N(c2sc3c(c2C)C(C)(CC)CCC3(C)C)C(C)C)nc1. The van der Waals surface area contributed by atoms with Crippen LogP contribution in [0.15, 0.2) is 24.9 Å². The lowest BCUT2D eigenvalue weighted by Crippen LogP contribution is -2.34. The maximum Gasteiger partial charge on any atom is 0.133 e. The summed E-state index contributed by atoms with van der Waals surface area (Å²) in [5.41, 5.74) is 5.75. The van der Waals surface area contributed by atoms with Gasteiger partial charge in [0.15, 0.2) is 0 Å². The van der Waals surface area contributed by atoms with Crippen molar-refractivity contribution in [1.29, 1.82) is 0 Å². The van der Waals surface area contributed by atoms with Crippen LogP contribution in [0.5, 0.6) is 0 Å². The smallest absolute Gasteiger partial charge is 0.133 e. The van der Waals surface area contributed by atoms with E-state index in [9.17, 15) is 0 Å². The number of rotatable bonds is 5. The molecule has 0 spiro atoms. The molecule has 0 aromatic carbocycles. The first-order chi connectivity index (χ1) is 13.0. The quantitative estimate of drug-likeness (QED) is 0.513. The molecule has 2 aromatic heterocycles. The molecule has 0 N–H and O–H groups in total. The van der Waals surface area contributed by atoms with Crippen molar-refractivity contribution in [3.05, 3.63) is 46.5 Å². The Morgan fingerprint density at radius 1 is 1.25 bits per heavy atom. The minimum Gasteiger partial charge on any atom is -0.315 e. The maximum absolute atomic E-state index is 4.81. The lowest BCUT2D eigenvalue weighted by atomic mass is 9.64. The zero-order chi connectivity index (χ0) is 20.9. The van der Waals surface area contributed by atoms with Gasteiger partial charge in [-0.1, -0.05) is 34.3 Å². The summed E-state index contributed by atoms with van der Waals surface area (Å²) in [6.45, 7) is 22.6. The van der Waals surface area contributed by atoms with Crippen LogP contribution in [0.4, 0.5) is 10.8 Å². The number of hydrogen-bond acceptors (Lipinski definition) is 3. The van der Waals surface area contributed by atoms with Gasteiger partial charge in [0.1, 0.15) is 10.8 Å². The number of thiophene rings is 1. The van der Waals surface area contributed by atoms with Gasteiger partial charge >= 0.3 is 0 Å². The number of nitrogens with zero attached hydrogens (tertiary/aromatic N) is 2. The average Bonchev–Trinajstić information content (AvgIpc) is 2.98. The Kier molecular flexibility index (Phi) is 5.53. The van der Waals surface area contributed by atoms with Gasteiger partial charge in [-0.25, -0.2) is 4.98 Å². The van der Waals surface area contributed by atoms with Crippen LogP contribution in [0.3, 0.4) is 0 Å². The lowest BCUT2D eigenvalue weighted by Gasteiger charge is -2.41. The molecule has 1 aliphatic carbocycles. The van der Waals surface area contributed by atoms with Crippen molar-refractivity contribution >= 4 is 27.7 Å². The van der Waals surface area contributed by atoms with E-state index in [-0.39, 0.29) is 10.8 Å². The van der Waals surface area contributed by atoms with Gasteiger partial charge in [-0.2, -0.15) is 0 Å². The summed E-state index contributed by atoms with van der Waals surface area (Å²) in [7, 11) is 0. The molecular weight excluding hydrogens is 360 g/mol. The van der Waals surface area contributed by atoms with Crippen LogP contribution in [-0.4, -0.2) is 11.0 Å². The summed E-state index contributed by atoms with van der Waals surface area (Å²) in [6, 6.07) is 4.63. The highest BCUT2D eigenvalue weighted by Gasteiger charge is 2.43. The summed E-state index contributed by atoms with van der Waals surface area (Å²) in [6.07, 6.45) is 5.68. The number of allylic oxidation sites excluding steroid dienone is 1. The average molecular weight is 397 g/mol. The van der Waals surface area contributed by atoms with Gasteiger partial charge in [0.25, 0.3) is 0 Å². The van der Waals surface area contributed by atoms with E-state index in [0.29, 0.717) is 6.04 Å². The molecule has 0 radical (unpaired) electrons. The highest BCUT2D eigenvalue weighted by molar-refractivity contribution is 7.16. The summed E-state index contributed by atoms with van der Waals surface area (Å²) < 4.78 is 0. The predicted octanol–water partition coefficient (Wildman–Crippen LogP) is 7.77. The van der Waals surface area contributed by atoms with Crippen LogP contribution >= 0.6 is 11.3 Å². The van der Waals surface area contributed by atoms with Crippen LogP contribution in [0.25, 0.3) is 5.57 Å². The van der Waals surface area contributed by atoms with E-state index in [2.05, 4.69) is 72.1 Å². The molecule has 0 saturated carbocycles. The number of pyridine rings is 1. The lowest BCUT2D eigenvalue weighted by molar-refractivity contribution is 0.309. The van der Waals surface area contributed by atoms with Crippen molar-refractivity contribution in [2.75, 3.05) is 4.90 Å². The zero-order valence-corrected chi connectivity index (χ0v) is 19.8. The summed E-state index contributed by atoms with van der Waals surface area (Å²) in [4.78, 5) is 8.82. The number of hydrogen-bond donors (Lipinski definition) is 0. The molecule has 0 aliphatic heterocycles. The van der Waals surface area contributed by atoms with Gasteiger partial charge in [0, 0.05) is 17.1 Å². The summed E-state index contributed by atoms with van der Waals surface area (Å²) in [5.74, 6) is 1.03. The van der Waals surface area contributed by atoms with Gasteiger partial charge in [-0.05, 0) is 92.2 Å². The number of anilines is 2. The molecule has 1 aliphatic rings. The molecule has 2 nitrogen and oxygen atoms in total. The van der Waals surface area contributed by atoms with E-state index < -0.39 is 0 Å². The van der Waals surface area contributed by atoms with Gasteiger partial charge in [-0.3, -0.25) is 0 Å². The predicted molar refractivity (Wildman–Crippen MR) is 125 cm³/mol. The van der Waals surface area contributed by atoms with Crippen molar-refractivity contribution in [3.63, 3.8) is 0 Å². The molecule has 0 amide bonds. The highest BCUT2D eigenvalue weighted by atomic mass is 32.1. The summed E-state index contributed by atoms with van der Waals surface area (Å²) in [5, 5.41) is 1.37. The van der Waals surface area contributed by atoms with Crippen molar-refractivity contribution in [1.82, 2.24) is 4.98 Å². The second-order valence-electron chi connectivity index (χ2n) is 9.68. The zero-order valence-electron chi connectivity index (χ0n) is 18.9. The van der Waals surface area contributed by atoms with E-state index >= 15 is 0 Å². The van der Waals surface area contributed by atoms with Gasteiger partial charge < -0.3 is 4.90 Å². The molecule has 0 fully saturated rings. The Morgan fingerprint density at radius 3 is 2.43 bits per heavy atom. The van der Waals surface area contributed by atoms with Crippen LogP contribution in [0, 0.1) is 6.92 Å². The Labute approximate surface area is 175 Å². The fourth-order valence-electron chi connectivity index (χ4n) is 4.50. The molecule has 28 heavy (non-hydrogen) atoms. The molecule has 1 unspecified atom stereocenters. The minimum atomic E-state index is 0.248. The van der Waals surface area contributed by atoms with Crippen molar-refractivity contribution in [2.24, 2.45) is 0 Å². The Hall–Kier alpha value is -1.61. The van der Waals surface area contributed by atoms with E-state index in [1.54, 1.807) is 10.4 Å². The number of aromatic nitrogens is 1. The molecule has 152 valence electrons. The Morgan fingerprint density at radius 2 is 1.93 bits per heavy atom. The summed E-state index contributed by atoms with van der Waals surface area (Å²) >= 11 is 2.00. The molecule has 3 heteroatoms. The van der Waals surface area contributed by atoms with E-state index in [4.69, 9.17) is 4.98 Å². The van der Waals surface area contributed by atoms with Crippen molar-refractivity contribution in [3.8, 4) is 0 Å². The van der Waals surface area contributed by atoms with Crippen molar-refractivity contribution in [2.45, 2.75) is 91.5 Å². The molecular formula is C25H36N2S. The van der Waals surface area contributed by atoms with Gasteiger partial charge in [0.05, 0.1) is 0 Å². The molecule has 0 saturated heterocycles. The first-order valence-corrected chi connectivity index (χ1v) is 11.4. The van der Waals surface area contributed by atoms with Crippen LogP contribution in [0.2, 0.25) is 0 Å². The molecule has 2 aromatic rings. The monoisotopic (exact) mass is 396 g/mol. The van der Waals surface area contributed by atoms with Gasteiger partial charge in [-0.15, -0.1) is 11.3 Å². The van der Waals surface area contributed by atoms with Gasteiger partial charge in [0.2, 0.25) is 0 Å². The largest absolute Gasteiger partial charge is 0.315 e. The van der Waals surface area contributed by atoms with E-state index in [1.165, 1.54) is 29.8 Å². The van der Waals surface area contributed by atoms with Crippen molar-refractivity contribution < 1.29 is 0 Å². The fraction of sp³-hybridized carbons (Fsp3) is 0.560. The Balaban J connectivity index is 2.17. The minimum absolute atomic E-state index is 0.248. The third-order valence-electron chi connectivity index (χ3n) is 6.64. The van der Waals surface area contributed by atoms with E-state index in [1.807, 2.05) is 24.5 Å². The third kappa shape index (κ3) is 3.43. The second-order valence-corrected chi connectivity index (χ2v) is 10.7. The van der Waals surface area contributed by atoms with Crippen LogP contribution in [-0.2, 0) is 10.8 Å². The molecule has 2 heterocycles. The first kappa shape index (κ1) is 21.1. The van der Waals surface area contributed by atoms with Crippen LogP contribution in [0.1, 0.15) is 89.3 Å². The van der Waals surface area contributed by atoms with E-state index in [0.717, 1.165) is 17.0 Å². The number of fused-ring (bicyclic) bond motifs is 1. The molecule has 3 rings (SSSR count). The normalized spacial score (nSPS) is 20.9.